The molecule has 14 heavy (non-hydrogen) atoms. The maximum absolute atomic E-state index is 8.03. The highest BCUT2D eigenvalue weighted by Gasteiger charge is 2.18. The highest BCUT2D eigenvalue weighted by atomic mass is 32.2. The molecule has 2 heteroatoms. The summed E-state index contributed by atoms with van der Waals surface area (Å²) in [4.78, 5) is 3.34. The molecule has 1 aromatic carbocycles. The lowest BCUT2D eigenvalue weighted by Gasteiger charge is -2.21. The second-order valence-electron chi connectivity index (χ2n) is 3.52. The SMILES string of the molecule is [2H]C1SC(C)=C(C)N1c1ccccc1C. The van der Waals surface area contributed by atoms with Gasteiger partial charge in [0.1, 0.15) is 0 Å². The molecule has 1 atom stereocenters. The zero-order chi connectivity index (χ0) is 11.0. The first-order valence-electron chi connectivity index (χ1n) is 5.30. The van der Waals surface area contributed by atoms with E-state index < -0.39 is 0 Å². The zero-order valence-corrected chi connectivity index (χ0v) is 9.56. The molecule has 0 bridgehead atoms. The van der Waals surface area contributed by atoms with Crippen molar-refractivity contribution >= 4 is 17.4 Å². The number of allylic oxidation sites excluding steroid dienone is 2. The Balaban J connectivity index is 2.44. The molecule has 1 aliphatic heterocycles. The smallest absolute Gasteiger partial charge is 0.0729 e. The lowest BCUT2D eigenvalue weighted by molar-refractivity contribution is 1.06. The predicted octanol–water partition coefficient (Wildman–Crippen LogP) is 3.76. The van der Waals surface area contributed by atoms with Crippen LogP contribution in [0.2, 0.25) is 0 Å². The third kappa shape index (κ3) is 1.55. The van der Waals surface area contributed by atoms with E-state index in [0.717, 1.165) is 5.69 Å². The molecule has 0 amide bonds. The average Bonchev–Trinajstić information content (AvgIpc) is 2.43. The summed E-state index contributed by atoms with van der Waals surface area (Å²) in [6.07, 6.45) is 0. The Morgan fingerprint density at radius 3 is 2.57 bits per heavy atom. The standard InChI is InChI=1S/C12H15NS/c1-9-6-4-5-7-12(9)13-8-14-11(3)10(13)2/h4-7H,8H2,1-3H3/i8D. The first kappa shape index (κ1) is 8.42. The van der Waals surface area contributed by atoms with Gasteiger partial charge in [-0.25, -0.2) is 0 Å². The molecular formula is C12H15NS. The van der Waals surface area contributed by atoms with Gasteiger partial charge < -0.3 is 4.90 Å². The molecular weight excluding hydrogens is 190 g/mol. The summed E-state index contributed by atoms with van der Waals surface area (Å²) < 4.78 is 8.03. The van der Waals surface area contributed by atoms with E-state index in [2.05, 4.69) is 37.8 Å². The van der Waals surface area contributed by atoms with E-state index in [1.165, 1.54) is 16.2 Å². The van der Waals surface area contributed by atoms with Crippen molar-refractivity contribution in [3.05, 3.63) is 40.4 Å². The van der Waals surface area contributed by atoms with Crippen LogP contribution in [0.5, 0.6) is 0 Å². The molecule has 0 aliphatic carbocycles. The number of thioether (sulfide) groups is 1. The van der Waals surface area contributed by atoms with E-state index >= 15 is 0 Å². The van der Waals surface area contributed by atoms with Gasteiger partial charge in [0.25, 0.3) is 0 Å². The highest BCUT2D eigenvalue weighted by Crippen LogP contribution is 2.36. The molecule has 1 nitrogen and oxygen atoms in total. The minimum Gasteiger partial charge on any atom is -0.334 e. The van der Waals surface area contributed by atoms with E-state index in [0.29, 0.717) is 0 Å². The van der Waals surface area contributed by atoms with Gasteiger partial charge in [-0.15, -0.1) is 11.8 Å². The molecule has 0 saturated carbocycles. The molecule has 0 fully saturated rings. The molecule has 1 aliphatic rings. The van der Waals surface area contributed by atoms with Crippen LogP contribution in [0.3, 0.4) is 0 Å². The molecule has 0 saturated heterocycles. The van der Waals surface area contributed by atoms with Crippen molar-refractivity contribution in [1.29, 1.82) is 0 Å². The number of hydrogen-bond donors (Lipinski definition) is 0. The van der Waals surface area contributed by atoms with Gasteiger partial charge in [0.2, 0.25) is 0 Å². The van der Waals surface area contributed by atoms with Crippen LogP contribution in [-0.4, -0.2) is 5.85 Å². The maximum Gasteiger partial charge on any atom is 0.0729 e. The monoisotopic (exact) mass is 206 g/mol. The summed E-state index contributed by atoms with van der Waals surface area (Å²) in [5.74, 6) is -0.230. The Morgan fingerprint density at radius 1 is 1.29 bits per heavy atom. The number of nitrogens with zero attached hydrogens (tertiary/aromatic N) is 1. The molecule has 1 heterocycles. The van der Waals surface area contributed by atoms with Crippen molar-refractivity contribution < 1.29 is 1.37 Å². The number of rotatable bonds is 1. The largest absolute Gasteiger partial charge is 0.334 e. The van der Waals surface area contributed by atoms with Crippen LogP contribution in [0.1, 0.15) is 20.8 Å². The van der Waals surface area contributed by atoms with E-state index in [-0.39, 0.29) is 5.85 Å². The van der Waals surface area contributed by atoms with Gasteiger partial charge in [-0.3, -0.25) is 0 Å². The fourth-order valence-electron chi connectivity index (χ4n) is 1.54. The molecule has 0 aromatic heterocycles. The summed E-state index contributed by atoms with van der Waals surface area (Å²) in [5, 5.41) is 0. The third-order valence-corrected chi connectivity index (χ3v) is 3.55. The van der Waals surface area contributed by atoms with E-state index in [4.69, 9.17) is 1.37 Å². The van der Waals surface area contributed by atoms with Crippen LogP contribution >= 0.6 is 11.8 Å². The summed E-state index contributed by atoms with van der Waals surface area (Å²) in [7, 11) is 0. The van der Waals surface area contributed by atoms with Crippen LogP contribution < -0.4 is 4.90 Å². The van der Waals surface area contributed by atoms with E-state index in [1.807, 2.05) is 12.1 Å². The first-order chi connectivity index (χ1) is 7.11. The van der Waals surface area contributed by atoms with Gasteiger partial charge in [0, 0.05) is 16.3 Å². The van der Waals surface area contributed by atoms with E-state index in [1.54, 1.807) is 11.8 Å². The minimum absolute atomic E-state index is 0.230. The van der Waals surface area contributed by atoms with Crippen molar-refractivity contribution in [2.24, 2.45) is 0 Å². The van der Waals surface area contributed by atoms with Crippen LogP contribution in [0.25, 0.3) is 0 Å². The number of aryl methyl sites for hydroxylation is 1. The normalized spacial score (nSPS) is 22.9. The molecule has 0 N–H and O–H groups in total. The molecule has 1 unspecified atom stereocenters. The van der Waals surface area contributed by atoms with Gasteiger partial charge >= 0.3 is 0 Å². The third-order valence-electron chi connectivity index (χ3n) is 2.58. The highest BCUT2D eigenvalue weighted by molar-refractivity contribution is 8.03. The number of anilines is 1. The molecule has 1 aromatic rings. The summed E-state index contributed by atoms with van der Waals surface area (Å²) in [5.41, 5.74) is 3.58. The Morgan fingerprint density at radius 2 is 2.00 bits per heavy atom. The summed E-state index contributed by atoms with van der Waals surface area (Å²) >= 11 is 1.61. The van der Waals surface area contributed by atoms with Crippen molar-refractivity contribution in [2.75, 3.05) is 10.8 Å². The fourth-order valence-corrected chi connectivity index (χ4v) is 2.34. The Hall–Kier alpha value is -0.890. The van der Waals surface area contributed by atoms with Crippen LogP contribution in [-0.2, 0) is 0 Å². The molecule has 0 spiro atoms. The number of hydrogen-bond acceptors (Lipinski definition) is 2. The van der Waals surface area contributed by atoms with Gasteiger partial charge in [-0.1, -0.05) is 18.2 Å². The van der Waals surface area contributed by atoms with Crippen molar-refractivity contribution in [1.82, 2.24) is 0 Å². The number of benzene rings is 1. The van der Waals surface area contributed by atoms with E-state index in [9.17, 15) is 0 Å². The quantitative estimate of drug-likeness (QED) is 0.688. The Labute approximate surface area is 91.2 Å². The minimum atomic E-state index is -0.230. The first-order valence-corrected chi connectivity index (χ1v) is 5.60. The molecule has 0 radical (unpaired) electrons. The lowest BCUT2D eigenvalue weighted by Crippen LogP contribution is -2.16. The van der Waals surface area contributed by atoms with Crippen LogP contribution in [0.15, 0.2) is 34.9 Å². The van der Waals surface area contributed by atoms with Crippen molar-refractivity contribution in [2.45, 2.75) is 20.8 Å². The molecule has 2 rings (SSSR count). The average molecular weight is 206 g/mol. The van der Waals surface area contributed by atoms with Crippen LogP contribution in [0.4, 0.5) is 5.69 Å². The van der Waals surface area contributed by atoms with Crippen molar-refractivity contribution in [3.8, 4) is 0 Å². The van der Waals surface area contributed by atoms with Gasteiger partial charge in [0.15, 0.2) is 0 Å². The predicted molar refractivity (Wildman–Crippen MR) is 64.5 cm³/mol. The Bertz CT molecular complexity index is 414. The van der Waals surface area contributed by atoms with Gasteiger partial charge in [-0.05, 0) is 32.4 Å². The van der Waals surface area contributed by atoms with Crippen molar-refractivity contribution in [3.63, 3.8) is 0 Å². The fraction of sp³-hybridized carbons (Fsp3) is 0.333. The molecule has 74 valence electrons. The van der Waals surface area contributed by atoms with Gasteiger partial charge in [0.05, 0.1) is 7.22 Å². The topological polar surface area (TPSA) is 3.24 Å². The van der Waals surface area contributed by atoms with Crippen LogP contribution in [0, 0.1) is 6.92 Å². The lowest BCUT2D eigenvalue weighted by atomic mass is 10.2. The second kappa shape index (κ2) is 3.70. The maximum atomic E-state index is 8.03. The summed E-state index contributed by atoms with van der Waals surface area (Å²) in [6.45, 7) is 6.26. The Kier molecular flexibility index (Phi) is 2.22. The zero-order valence-electron chi connectivity index (χ0n) is 9.74. The number of para-hydroxylation sites is 1. The summed E-state index contributed by atoms with van der Waals surface area (Å²) in [6, 6.07) is 8.24. The van der Waals surface area contributed by atoms with Gasteiger partial charge in [-0.2, -0.15) is 0 Å². The second-order valence-corrected chi connectivity index (χ2v) is 4.58.